The van der Waals surface area contributed by atoms with Crippen LogP contribution in [0.3, 0.4) is 0 Å². The number of hydrogen-bond acceptors (Lipinski definition) is 3. The average molecular weight is 347 g/mol. The zero-order valence-corrected chi connectivity index (χ0v) is 15.2. The van der Waals surface area contributed by atoms with Gasteiger partial charge < -0.3 is 9.67 Å². The van der Waals surface area contributed by atoms with Gasteiger partial charge >= 0.3 is 0 Å². The molecule has 1 atom stereocenters. The Morgan fingerprint density at radius 1 is 1.27 bits per heavy atom. The number of hydrogen-bond donors (Lipinski definition) is 1. The number of aliphatic hydroxyl groups excluding tert-OH is 1. The van der Waals surface area contributed by atoms with Crippen molar-refractivity contribution < 1.29 is 5.11 Å². The van der Waals surface area contributed by atoms with Crippen LogP contribution in [-0.4, -0.2) is 39.3 Å². The molecule has 3 heterocycles. The van der Waals surface area contributed by atoms with Crippen LogP contribution >= 0.6 is 0 Å². The Labute approximate surface area is 154 Å². The van der Waals surface area contributed by atoms with Gasteiger partial charge in [0.2, 0.25) is 0 Å². The van der Waals surface area contributed by atoms with Crippen LogP contribution in [0.15, 0.2) is 55.4 Å². The van der Waals surface area contributed by atoms with Crippen molar-refractivity contribution in [3.05, 3.63) is 77.8 Å². The van der Waals surface area contributed by atoms with E-state index in [1.165, 1.54) is 27.7 Å². The molecule has 0 aliphatic carbocycles. The number of pyridine rings is 1. The third-order valence-corrected chi connectivity index (χ3v) is 5.39. The van der Waals surface area contributed by atoms with E-state index < -0.39 is 0 Å². The monoisotopic (exact) mass is 347 g/mol. The summed E-state index contributed by atoms with van der Waals surface area (Å²) < 4.78 is 2.35. The van der Waals surface area contributed by atoms with Crippen LogP contribution in [0.1, 0.15) is 28.4 Å². The van der Waals surface area contributed by atoms with E-state index in [2.05, 4.69) is 46.2 Å². The van der Waals surface area contributed by atoms with Gasteiger partial charge in [0.15, 0.2) is 0 Å². The Morgan fingerprint density at radius 3 is 2.81 bits per heavy atom. The summed E-state index contributed by atoms with van der Waals surface area (Å²) in [7, 11) is 0. The Hall–Kier alpha value is -2.43. The standard InChI is InChI=1S/C22H25N3O/c1-3-11-24-12-8-21-19(14-24)18-13-16(2)4-5-20(18)25(21)22(15-26)17-6-9-23-10-7-17/h3-7,9-10,13,22,26H,1,8,11-12,14-15H2,2H3. The first-order chi connectivity index (χ1) is 12.7. The maximum atomic E-state index is 10.2. The third-order valence-electron chi connectivity index (χ3n) is 5.39. The highest BCUT2D eigenvalue weighted by Crippen LogP contribution is 2.35. The van der Waals surface area contributed by atoms with Crippen LogP contribution in [-0.2, 0) is 13.0 Å². The Bertz CT molecular complexity index is 929. The highest BCUT2D eigenvalue weighted by Gasteiger charge is 2.27. The van der Waals surface area contributed by atoms with E-state index in [0.29, 0.717) is 0 Å². The molecule has 0 fully saturated rings. The molecule has 1 unspecified atom stereocenters. The molecule has 0 spiro atoms. The minimum atomic E-state index is -0.0853. The first-order valence-corrected chi connectivity index (χ1v) is 9.19. The van der Waals surface area contributed by atoms with Crippen molar-refractivity contribution in [2.45, 2.75) is 25.9 Å². The normalized spacial score (nSPS) is 15.8. The number of aliphatic hydroxyl groups is 1. The van der Waals surface area contributed by atoms with Gasteiger partial charge in [-0.2, -0.15) is 0 Å². The number of aryl methyl sites for hydroxylation is 1. The fourth-order valence-corrected chi connectivity index (χ4v) is 4.18. The van der Waals surface area contributed by atoms with Crippen molar-refractivity contribution in [3.63, 3.8) is 0 Å². The minimum absolute atomic E-state index is 0.0739. The maximum absolute atomic E-state index is 10.2. The van der Waals surface area contributed by atoms with E-state index in [4.69, 9.17) is 0 Å². The molecule has 26 heavy (non-hydrogen) atoms. The van der Waals surface area contributed by atoms with Crippen LogP contribution in [0.5, 0.6) is 0 Å². The predicted octanol–water partition coefficient (Wildman–Crippen LogP) is 3.47. The largest absolute Gasteiger partial charge is 0.394 e. The van der Waals surface area contributed by atoms with Gasteiger partial charge in [0.05, 0.1) is 12.6 Å². The summed E-state index contributed by atoms with van der Waals surface area (Å²) in [4.78, 5) is 6.56. The lowest BCUT2D eigenvalue weighted by atomic mass is 10.0. The van der Waals surface area contributed by atoms with Gasteiger partial charge in [0, 0.05) is 55.0 Å². The zero-order chi connectivity index (χ0) is 18.1. The van der Waals surface area contributed by atoms with Gasteiger partial charge in [-0.25, -0.2) is 0 Å². The third kappa shape index (κ3) is 2.85. The number of rotatable bonds is 5. The van der Waals surface area contributed by atoms with Gasteiger partial charge in [-0.15, -0.1) is 6.58 Å². The highest BCUT2D eigenvalue weighted by molar-refractivity contribution is 5.87. The topological polar surface area (TPSA) is 41.3 Å². The van der Waals surface area contributed by atoms with Gasteiger partial charge in [-0.05, 0) is 42.3 Å². The molecule has 4 heteroatoms. The van der Waals surface area contributed by atoms with E-state index >= 15 is 0 Å². The van der Waals surface area contributed by atoms with Gasteiger partial charge in [0.25, 0.3) is 0 Å². The van der Waals surface area contributed by atoms with E-state index in [0.717, 1.165) is 31.6 Å². The fraction of sp³-hybridized carbons (Fsp3) is 0.318. The summed E-state index contributed by atoms with van der Waals surface area (Å²) in [6.45, 7) is 8.96. The quantitative estimate of drug-likeness (QED) is 0.719. The number of nitrogens with zero attached hydrogens (tertiary/aromatic N) is 3. The van der Waals surface area contributed by atoms with Crippen LogP contribution in [0, 0.1) is 6.92 Å². The lowest BCUT2D eigenvalue weighted by Gasteiger charge is -2.29. The number of benzene rings is 1. The molecule has 1 aromatic carbocycles. The van der Waals surface area contributed by atoms with Crippen molar-refractivity contribution in [3.8, 4) is 0 Å². The number of aromatic nitrogens is 2. The predicted molar refractivity (Wildman–Crippen MR) is 105 cm³/mol. The van der Waals surface area contributed by atoms with Crippen molar-refractivity contribution >= 4 is 10.9 Å². The average Bonchev–Trinajstić information content (AvgIpc) is 2.97. The molecule has 0 saturated carbocycles. The van der Waals surface area contributed by atoms with E-state index in [-0.39, 0.29) is 12.6 Å². The van der Waals surface area contributed by atoms with E-state index in [1.54, 1.807) is 12.4 Å². The summed E-state index contributed by atoms with van der Waals surface area (Å²) >= 11 is 0. The second kappa shape index (κ2) is 7.06. The van der Waals surface area contributed by atoms with Crippen LogP contribution in [0.4, 0.5) is 0 Å². The maximum Gasteiger partial charge on any atom is 0.0820 e. The van der Waals surface area contributed by atoms with E-state index in [1.807, 2.05) is 18.2 Å². The Morgan fingerprint density at radius 2 is 2.08 bits per heavy atom. The molecule has 3 aromatic rings. The molecular formula is C22H25N3O. The second-order valence-electron chi connectivity index (χ2n) is 7.07. The molecule has 0 saturated heterocycles. The highest BCUT2D eigenvalue weighted by atomic mass is 16.3. The molecule has 1 aliphatic rings. The summed E-state index contributed by atoms with van der Waals surface area (Å²) in [5.74, 6) is 0. The van der Waals surface area contributed by atoms with Crippen molar-refractivity contribution in [1.82, 2.24) is 14.5 Å². The van der Waals surface area contributed by atoms with Crippen LogP contribution in [0.25, 0.3) is 10.9 Å². The molecular weight excluding hydrogens is 322 g/mol. The van der Waals surface area contributed by atoms with Crippen molar-refractivity contribution in [2.75, 3.05) is 19.7 Å². The number of fused-ring (bicyclic) bond motifs is 3. The summed E-state index contributed by atoms with van der Waals surface area (Å²) in [6.07, 6.45) is 6.56. The summed E-state index contributed by atoms with van der Waals surface area (Å²) in [5.41, 5.74) is 6.31. The zero-order valence-electron chi connectivity index (χ0n) is 15.2. The molecule has 134 valence electrons. The Balaban J connectivity index is 1.91. The lowest BCUT2D eigenvalue weighted by Crippen LogP contribution is -2.32. The van der Waals surface area contributed by atoms with Gasteiger partial charge in [0.1, 0.15) is 0 Å². The first-order valence-electron chi connectivity index (χ1n) is 9.19. The van der Waals surface area contributed by atoms with E-state index in [9.17, 15) is 5.11 Å². The summed E-state index contributed by atoms with van der Waals surface area (Å²) in [6, 6.07) is 10.6. The molecule has 4 nitrogen and oxygen atoms in total. The second-order valence-corrected chi connectivity index (χ2v) is 7.07. The van der Waals surface area contributed by atoms with Crippen molar-refractivity contribution in [2.24, 2.45) is 0 Å². The first kappa shape index (κ1) is 17.0. The van der Waals surface area contributed by atoms with Crippen LogP contribution in [0.2, 0.25) is 0 Å². The summed E-state index contributed by atoms with van der Waals surface area (Å²) in [5, 5.41) is 11.5. The molecule has 1 aliphatic heterocycles. The molecule has 0 radical (unpaired) electrons. The fourth-order valence-electron chi connectivity index (χ4n) is 4.18. The molecule has 2 aromatic heterocycles. The molecule has 0 bridgehead atoms. The SMILES string of the molecule is C=CCN1CCc2c(c3cc(C)ccc3n2C(CO)c2ccncc2)C1. The van der Waals surface area contributed by atoms with Gasteiger partial charge in [-0.3, -0.25) is 9.88 Å². The lowest BCUT2D eigenvalue weighted by molar-refractivity contribution is 0.242. The van der Waals surface area contributed by atoms with Crippen molar-refractivity contribution in [1.29, 1.82) is 0 Å². The molecule has 4 rings (SSSR count). The Kier molecular flexibility index (Phi) is 4.62. The van der Waals surface area contributed by atoms with Gasteiger partial charge in [-0.1, -0.05) is 17.7 Å². The molecule has 1 N–H and O–H groups in total. The van der Waals surface area contributed by atoms with Crippen LogP contribution < -0.4 is 0 Å². The minimum Gasteiger partial charge on any atom is -0.394 e. The molecule has 0 amide bonds. The smallest absolute Gasteiger partial charge is 0.0820 e.